The van der Waals surface area contributed by atoms with Crippen LogP contribution < -0.4 is 10.6 Å². The first-order valence-corrected chi connectivity index (χ1v) is 7.46. The Balaban J connectivity index is 2.79. The van der Waals surface area contributed by atoms with Gasteiger partial charge in [0.2, 0.25) is 5.91 Å². The SMILES string of the molecule is CSCC[C@H](N)C(=O)N(C)c1ccc(C)cc1C. The van der Waals surface area contributed by atoms with Crippen LogP contribution in [0.5, 0.6) is 0 Å². The fraction of sp³-hybridized carbons (Fsp3) is 0.500. The molecule has 4 heteroatoms. The third-order valence-electron chi connectivity index (χ3n) is 2.99. The topological polar surface area (TPSA) is 46.3 Å². The summed E-state index contributed by atoms with van der Waals surface area (Å²) < 4.78 is 0. The monoisotopic (exact) mass is 266 g/mol. The van der Waals surface area contributed by atoms with Gasteiger partial charge in [-0.2, -0.15) is 11.8 Å². The summed E-state index contributed by atoms with van der Waals surface area (Å²) >= 11 is 1.71. The van der Waals surface area contributed by atoms with Crippen LogP contribution in [0.15, 0.2) is 18.2 Å². The molecule has 0 fully saturated rings. The van der Waals surface area contributed by atoms with E-state index in [0.29, 0.717) is 0 Å². The third kappa shape index (κ3) is 3.75. The van der Waals surface area contributed by atoms with Crippen LogP contribution in [0.4, 0.5) is 5.69 Å². The third-order valence-corrected chi connectivity index (χ3v) is 3.64. The highest BCUT2D eigenvalue weighted by Crippen LogP contribution is 2.20. The summed E-state index contributed by atoms with van der Waals surface area (Å²) in [4.78, 5) is 13.8. The van der Waals surface area contributed by atoms with E-state index >= 15 is 0 Å². The first kappa shape index (κ1) is 15.1. The van der Waals surface area contributed by atoms with Gasteiger partial charge in [0.25, 0.3) is 0 Å². The summed E-state index contributed by atoms with van der Waals surface area (Å²) in [5.41, 5.74) is 9.15. The first-order valence-electron chi connectivity index (χ1n) is 6.06. The van der Waals surface area contributed by atoms with E-state index in [1.807, 2.05) is 32.2 Å². The minimum Gasteiger partial charge on any atom is -0.320 e. The Hall–Kier alpha value is -1.00. The van der Waals surface area contributed by atoms with Crippen LogP contribution in [-0.2, 0) is 4.79 Å². The van der Waals surface area contributed by atoms with E-state index in [4.69, 9.17) is 5.73 Å². The Labute approximate surface area is 114 Å². The van der Waals surface area contributed by atoms with Gasteiger partial charge in [0.1, 0.15) is 0 Å². The van der Waals surface area contributed by atoms with Crippen LogP contribution in [0.25, 0.3) is 0 Å². The molecule has 0 aromatic heterocycles. The molecule has 1 amide bonds. The molecular weight excluding hydrogens is 244 g/mol. The number of anilines is 1. The van der Waals surface area contributed by atoms with Gasteiger partial charge in [-0.15, -0.1) is 0 Å². The van der Waals surface area contributed by atoms with E-state index in [9.17, 15) is 4.79 Å². The molecule has 0 radical (unpaired) electrons. The Morgan fingerprint density at radius 3 is 2.67 bits per heavy atom. The molecule has 0 saturated heterocycles. The number of rotatable bonds is 5. The molecule has 1 rings (SSSR count). The average molecular weight is 266 g/mol. The van der Waals surface area contributed by atoms with E-state index in [1.54, 1.807) is 23.7 Å². The maximum absolute atomic E-state index is 12.2. The Kier molecular flexibility index (Phi) is 5.69. The van der Waals surface area contributed by atoms with Crippen molar-refractivity contribution in [2.45, 2.75) is 26.3 Å². The highest BCUT2D eigenvalue weighted by atomic mass is 32.2. The van der Waals surface area contributed by atoms with Crippen molar-refractivity contribution in [3.05, 3.63) is 29.3 Å². The van der Waals surface area contributed by atoms with Crippen molar-refractivity contribution < 1.29 is 4.79 Å². The minimum atomic E-state index is -0.414. The summed E-state index contributed by atoms with van der Waals surface area (Å²) in [6.45, 7) is 4.06. The van der Waals surface area contributed by atoms with Gasteiger partial charge in [0, 0.05) is 12.7 Å². The number of carbonyl (C=O) groups is 1. The number of hydrogen-bond acceptors (Lipinski definition) is 3. The Morgan fingerprint density at radius 1 is 1.44 bits per heavy atom. The summed E-state index contributed by atoms with van der Waals surface area (Å²) in [5, 5.41) is 0. The predicted octanol–water partition coefficient (Wildman–Crippen LogP) is 2.35. The number of thioether (sulfide) groups is 1. The minimum absolute atomic E-state index is 0.0176. The fourth-order valence-electron chi connectivity index (χ4n) is 1.92. The summed E-state index contributed by atoms with van der Waals surface area (Å²) in [5.74, 6) is 0.893. The van der Waals surface area contributed by atoms with Crippen LogP contribution in [0.1, 0.15) is 17.5 Å². The first-order chi connectivity index (χ1) is 8.47. The maximum atomic E-state index is 12.2. The van der Waals surface area contributed by atoms with Crippen LogP contribution in [0.3, 0.4) is 0 Å². The van der Waals surface area contributed by atoms with Gasteiger partial charge in [-0.25, -0.2) is 0 Å². The highest BCUT2D eigenvalue weighted by Gasteiger charge is 2.19. The van der Waals surface area contributed by atoms with E-state index in [2.05, 4.69) is 6.07 Å². The number of benzene rings is 1. The zero-order valence-corrected chi connectivity index (χ0v) is 12.4. The van der Waals surface area contributed by atoms with Crippen LogP contribution in [0, 0.1) is 13.8 Å². The lowest BCUT2D eigenvalue weighted by molar-refractivity contribution is -0.119. The lowest BCUT2D eigenvalue weighted by atomic mass is 10.1. The number of amides is 1. The van der Waals surface area contributed by atoms with Gasteiger partial charge in [0.05, 0.1) is 6.04 Å². The summed E-state index contributed by atoms with van der Waals surface area (Å²) in [7, 11) is 1.79. The van der Waals surface area contributed by atoms with Crippen molar-refractivity contribution in [1.82, 2.24) is 0 Å². The molecule has 18 heavy (non-hydrogen) atoms. The number of likely N-dealkylation sites (N-methyl/N-ethyl adjacent to an activating group) is 1. The standard InChI is InChI=1S/C14H22N2OS/c1-10-5-6-13(11(2)9-10)16(3)14(17)12(15)7-8-18-4/h5-6,9,12H,7-8,15H2,1-4H3/t12-/m0/s1. The van der Waals surface area contributed by atoms with E-state index in [1.165, 1.54) is 5.56 Å². The normalized spacial score (nSPS) is 12.3. The predicted molar refractivity (Wildman–Crippen MR) is 80.3 cm³/mol. The Bertz CT molecular complexity index is 420. The van der Waals surface area contributed by atoms with E-state index in [-0.39, 0.29) is 5.91 Å². The van der Waals surface area contributed by atoms with Crippen molar-refractivity contribution in [1.29, 1.82) is 0 Å². The number of carbonyl (C=O) groups excluding carboxylic acids is 1. The van der Waals surface area contributed by atoms with Crippen LogP contribution >= 0.6 is 11.8 Å². The molecule has 0 unspecified atom stereocenters. The van der Waals surface area contributed by atoms with Crippen molar-refractivity contribution >= 4 is 23.4 Å². The van der Waals surface area contributed by atoms with Crippen molar-refractivity contribution in [2.24, 2.45) is 5.73 Å². The van der Waals surface area contributed by atoms with Gasteiger partial charge in [-0.05, 0) is 43.9 Å². The molecule has 0 bridgehead atoms. The van der Waals surface area contributed by atoms with Crippen LogP contribution in [-0.4, -0.2) is 31.0 Å². The van der Waals surface area contributed by atoms with E-state index in [0.717, 1.165) is 23.4 Å². The quantitative estimate of drug-likeness (QED) is 0.890. The number of aryl methyl sites for hydroxylation is 2. The number of hydrogen-bond donors (Lipinski definition) is 1. The summed E-state index contributed by atoms with van der Waals surface area (Å²) in [6.07, 6.45) is 2.74. The zero-order valence-electron chi connectivity index (χ0n) is 11.6. The molecule has 0 aliphatic carbocycles. The van der Waals surface area contributed by atoms with Crippen molar-refractivity contribution in [3.63, 3.8) is 0 Å². The second kappa shape index (κ2) is 6.81. The molecule has 0 heterocycles. The highest BCUT2D eigenvalue weighted by molar-refractivity contribution is 7.98. The average Bonchev–Trinajstić information content (AvgIpc) is 2.34. The lowest BCUT2D eigenvalue weighted by Crippen LogP contribution is -2.42. The molecule has 0 aliphatic heterocycles. The number of nitrogens with two attached hydrogens (primary N) is 1. The molecule has 3 nitrogen and oxygen atoms in total. The molecule has 100 valence electrons. The molecular formula is C14H22N2OS. The smallest absolute Gasteiger partial charge is 0.243 e. The Morgan fingerprint density at radius 2 is 2.11 bits per heavy atom. The molecule has 2 N–H and O–H groups in total. The maximum Gasteiger partial charge on any atom is 0.243 e. The zero-order chi connectivity index (χ0) is 13.7. The lowest BCUT2D eigenvalue weighted by Gasteiger charge is -2.23. The molecule has 1 aromatic rings. The van der Waals surface area contributed by atoms with E-state index < -0.39 is 6.04 Å². The molecule has 1 atom stereocenters. The second-order valence-electron chi connectivity index (χ2n) is 4.58. The van der Waals surface area contributed by atoms with Gasteiger partial charge in [-0.1, -0.05) is 17.7 Å². The second-order valence-corrected chi connectivity index (χ2v) is 5.56. The summed E-state index contributed by atoms with van der Waals surface area (Å²) in [6, 6.07) is 5.65. The van der Waals surface area contributed by atoms with Crippen molar-refractivity contribution in [3.8, 4) is 0 Å². The van der Waals surface area contributed by atoms with Gasteiger partial charge >= 0.3 is 0 Å². The molecule has 0 saturated carbocycles. The largest absolute Gasteiger partial charge is 0.320 e. The van der Waals surface area contributed by atoms with Crippen molar-refractivity contribution in [2.75, 3.05) is 24.0 Å². The fourth-order valence-corrected chi connectivity index (χ4v) is 2.41. The molecule has 1 aromatic carbocycles. The van der Waals surface area contributed by atoms with Gasteiger partial charge < -0.3 is 10.6 Å². The van der Waals surface area contributed by atoms with Gasteiger partial charge in [0.15, 0.2) is 0 Å². The molecule has 0 spiro atoms. The number of nitrogens with zero attached hydrogens (tertiary/aromatic N) is 1. The van der Waals surface area contributed by atoms with Gasteiger partial charge in [-0.3, -0.25) is 4.79 Å². The van der Waals surface area contributed by atoms with Crippen LogP contribution in [0.2, 0.25) is 0 Å². The molecule has 0 aliphatic rings.